The number of ether oxygens (including phenoxy) is 1. The van der Waals surface area contributed by atoms with Crippen molar-refractivity contribution in [3.05, 3.63) is 53.6 Å². The lowest BCUT2D eigenvalue weighted by Gasteiger charge is -2.37. The van der Waals surface area contributed by atoms with E-state index in [4.69, 9.17) is 4.74 Å². The first-order valence-electron chi connectivity index (χ1n) is 7.86. The zero-order valence-electron chi connectivity index (χ0n) is 13.2. The molecule has 1 saturated heterocycles. The molecule has 0 aliphatic carbocycles. The van der Waals surface area contributed by atoms with E-state index in [0.717, 1.165) is 24.2 Å². The van der Waals surface area contributed by atoms with Crippen LogP contribution in [0.2, 0.25) is 0 Å². The second-order valence-electron chi connectivity index (χ2n) is 6.09. The summed E-state index contributed by atoms with van der Waals surface area (Å²) < 4.78 is 20.3. The maximum atomic E-state index is 12.9. The Morgan fingerprint density at radius 3 is 2.78 bits per heavy atom. The Kier molecular flexibility index (Phi) is 5.05. The van der Waals surface area contributed by atoms with Crippen molar-refractivity contribution in [3.63, 3.8) is 0 Å². The number of nitrogens with zero attached hydrogens (tertiary/aromatic N) is 3. The summed E-state index contributed by atoms with van der Waals surface area (Å²) in [7, 11) is 0. The third-order valence-corrected chi connectivity index (χ3v) is 4.17. The highest BCUT2D eigenvalue weighted by molar-refractivity contribution is 5.17. The largest absolute Gasteiger partial charge is 0.394 e. The molecule has 5 nitrogen and oxygen atoms in total. The molecule has 1 aromatic heterocycles. The van der Waals surface area contributed by atoms with Gasteiger partial charge in [0.15, 0.2) is 0 Å². The molecule has 23 heavy (non-hydrogen) atoms. The van der Waals surface area contributed by atoms with Gasteiger partial charge in [0.1, 0.15) is 5.82 Å². The van der Waals surface area contributed by atoms with Crippen molar-refractivity contribution in [1.29, 1.82) is 0 Å². The molecule has 1 N–H and O–H groups in total. The van der Waals surface area contributed by atoms with Crippen LogP contribution in [0.5, 0.6) is 0 Å². The highest BCUT2D eigenvalue weighted by Crippen LogP contribution is 2.15. The summed E-state index contributed by atoms with van der Waals surface area (Å²) in [6.07, 6.45) is 3.76. The van der Waals surface area contributed by atoms with Crippen LogP contribution in [-0.4, -0.2) is 51.7 Å². The van der Waals surface area contributed by atoms with Crippen molar-refractivity contribution < 1.29 is 14.2 Å². The topological polar surface area (TPSA) is 50.5 Å². The molecule has 0 amide bonds. The quantitative estimate of drug-likeness (QED) is 0.910. The number of hydrogen-bond acceptors (Lipinski definition) is 4. The van der Waals surface area contributed by atoms with Gasteiger partial charge in [-0.05, 0) is 24.6 Å². The van der Waals surface area contributed by atoms with Gasteiger partial charge in [0.2, 0.25) is 0 Å². The summed E-state index contributed by atoms with van der Waals surface area (Å²) in [4.78, 5) is 2.30. The van der Waals surface area contributed by atoms with Gasteiger partial charge in [-0.15, -0.1) is 0 Å². The molecule has 1 aliphatic rings. The molecule has 2 heterocycles. The highest BCUT2D eigenvalue weighted by Gasteiger charge is 2.25. The van der Waals surface area contributed by atoms with E-state index in [0.29, 0.717) is 19.2 Å². The average Bonchev–Trinajstić information content (AvgIpc) is 2.99. The predicted molar refractivity (Wildman–Crippen MR) is 84.4 cm³/mol. The van der Waals surface area contributed by atoms with Crippen LogP contribution in [-0.2, 0) is 17.8 Å². The van der Waals surface area contributed by atoms with E-state index in [-0.39, 0.29) is 18.5 Å². The van der Waals surface area contributed by atoms with Gasteiger partial charge >= 0.3 is 0 Å². The summed E-state index contributed by atoms with van der Waals surface area (Å²) in [5.74, 6) is -0.227. The van der Waals surface area contributed by atoms with E-state index in [2.05, 4.69) is 16.9 Å². The number of benzene rings is 1. The van der Waals surface area contributed by atoms with E-state index < -0.39 is 0 Å². The van der Waals surface area contributed by atoms with Crippen molar-refractivity contribution in [3.8, 4) is 0 Å². The zero-order valence-corrected chi connectivity index (χ0v) is 13.2. The fourth-order valence-corrected chi connectivity index (χ4v) is 2.79. The lowest BCUT2D eigenvalue weighted by molar-refractivity contribution is -0.0805. The van der Waals surface area contributed by atoms with Crippen LogP contribution < -0.4 is 0 Å². The van der Waals surface area contributed by atoms with Crippen LogP contribution >= 0.6 is 0 Å². The van der Waals surface area contributed by atoms with E-state index in [1.165, 1.54) is 12.1 Å². The number of halogens is 1. The fourth-order valence-electron chi connectivity index (χ4n) is 2.79. The van der Waals surface area contributed by atoms with Gasteiger partial charge in [-0.25, -0.2) is 4.39 Å². The minimum atomic E-state index is -0.227. The number of hydrogen-bond donors (Lipinski definition) is 1. The third kappa shape index (κ3) is 4.16. The minimum absolute atomic E-state index is 0.0487. The number of aromatic nitrogens is 2. The molecular formula is C17H22FN3O2. The SMILES string of the molecule is C[C@@H]1CO[C@@H](CO)CN1Cc1cnn(Cc2ccc(F)cc2)c1. The summed E-state index contributed by atoms with van der Waals surface area (Å²) >= 11 is 0. The molecule has 1 fully saturated rings. The minimum Gasteiger partial charge on any atom is -0.394 e. The summed E-state index contributed by atoms with van der Waals surface area (Å²) in [5, 5.41) is 13.6. The molecular weight excluding hydrogens is 297 g/mol. The molecule has 6 heteroatoms. The van der Waals surface area contributed by atoms with E-state index in [9.17, 15) is 9.50 Å². The number of morpholine rings is 1. The van der Waals surface area contributed by atoms with E-state index >= 15 is 0 Å². The summed E-state index contributed by atoms with van der Waals surface area (Å²) in [6.45, 7) is 4.93. The Labute approximate surface area is 135 Å². The lowest BCUT2D eigenvalue weighted by Crippen LogP contribution is -2.48. The lowest BCUT2D eigenvalue weighted by atomic mass is 10.2. The van der Waals surface area contributed by atoms with Crippen molar-refractivity contribution in [2.45, 2.75) is 32.2 Å². The zero-order chi connectivity index (χ0) is 16.2. The van der Waals surface area contributed by atoms with E-state index in [1.54, 1.807) is 12.1 Å². The van der Waals surface area contributed by atoms with Crippen LogP contribution in [0.3, 0.4) is 0 Å². The standard InChI is InChI=1S/C17H22FN3O2/c1-13-12-23-17(11-22)10-20(13)7-15-6-19-21(9-15)8-14-2-4-16(18)5-3-14/h2-6,9,13,17,22H,7-8,10-12H2,1H3/t13-,17-/m1/s1. The normalized spacial score (nSPS) is 22.4. The number of aliphatic hydroxyl groups is 1. The van der Waals surface area contributed by atoms with Gasteiger partial charge in [0, 0.05) is 30.9 Å². The molecule has 0 bridgehead atoms. The number of rotatable bonds is 5. The van der Waals surface area contributed by atoms with Gasteiger partial charge in [-0.3, -0.25) is 9.58 Å². The molecule has 0 radical (unpaired) electrons. The molecule has 0 saturated carbocycles. The molecule has 2 atom stereocenters. The Balaban J connectivity index is 1.61. The van der Waals surface area contributed by atoms with Crippen LogP contribution in [0.1, 0.15) is 18.1 Å². The Morgan fingerprint density at radius 2 is 2.04 bits per heavy atom. The van der Waals surface area contributed by atoms with Gasteiger partial charge in [0.05, 0.1) is 32.1 Å². The number of aliphatic hydroxyl groups excluding tert-OH is 1. The summed E-state index contributed by atoms with van der Waals surface area (Å²) in [5.41, 5.74) is 2.14. The maximum absolute atomic E-state index is 12.9. The fraction of sp³-hybridized carbons (Fsp3) is 0.471. The highest BCUT2D eigenvalue weighted by atomic mass is 19.1. The van der Waals surface area contributed by atoms with Crippen molar-refractivity contribution in [2.75, 3.05) is 19.8 Å². The first-order chi connectivity index (χ1) is 11.1. The average molecular weight is 319 g/mol. The predicted octanol–water partition coefficient (Wildman–Crippen LogP) is 1.65. The van der Waals surface area contributed by atoms with Crippen LogP contribution in [0.25, 0.3) is 0 Å². The second kappa shape index (κ2) is 7.21. The molecule has 124 valence electrons. The molecule has 1 aromatic carbocycles. The van der Waals surface area contributed by atoms with Gasteiger partial charge in [-0.1, -0.05) is 12.1 Å². The van der Waals surface area contributed by atoms with Gasteiger partial charge in [0.25, 0.3) is 0 Å². The Hall–Kier alpha value is -1.76. The third-order valence-electron chi connectivity index (χ3n) is 4.17. The smallest absolute Gasteiger partial charge is 0.123 e. The van der Waals surface area contributed by atoms with Crippen LogP contribution in [0.15, 0.2) is 36.7 Å². The van der Waals surface area contributed by atoms with Crippen molar-refractivity contribution >= 4 is 0 Å². The summed E-state index contributed by atoms with van der Waals surface area (Å²) in [6, 6.07) is 6.78. The monoisotopic (exact) mass is 319 g/mol. The van der Waals surface area contributed by atoms with Gasteiger partial charge < -0.3 is 9.84 Å². The first-order valence-corrected chi connectivity index (χ1v) is 7.86. The molecule has 1 aliphatic heterocycles. The molecule has 3 rings (SSSR count). The van der Waals surface area contributed by atoms with Crippen LogP contribution in [0, 0.1) is 5.82 Å². The van der Waals surface area contributed by atoms with Crippen LogP contribution in [0.4, 0.5) is 4.39 Å². The maximum Gasteiger partial charge on any atom is 0.123 e. The Bertz CT molecular complexity index is 629. The van der Waals surface area contributed by atoms with E-state index in [1.807, 2.05) is 17.1 Å². The van der Waals surface area contributed by atoms with Crippen molar-refractivity contribution in [2.24, 2.45) is 0 Å². The molecule has 2 aromatic rings. The van der Waals surface area contributed by atoms with Crippen molar-refractivity contribution in [1.82, 2.24) is 14.7 Å². The first kappa shape index (κ1) is 16.1. The Morgan fingerprint density at radius 1 is 1.26 bits per heavy atom. The molecule has 0 unspecified atom stereocenters. The second-order valence-corrected chi connectivity index (χ2v) is 6.09. The molecule has 0 spiro atoms. The van der Waals surface area contributed by atoms with Gasteiger partial charge in [-0.2, -0.15) is 5.10 Å².